The predicted molar refractivity (Wildman–Crippen MR) is 141 cm³/mol. The SMILES string of the molecule is C=C1CC[C@@H]2CC=C(C#CC#CC[C@@H]3O[C@@H]3CCCCCCC)O[C@@]2(C)CC[C@@H]2[C@H]1CC2(C)C. The van der Waals surface area contributed by atoms with Crippen molar-refractivity contribution >= 4 is 0 Å². The summed E-state index contributed by atoms with van der Waals surface area (Å²) in [5.74, 6) is 15.3. The Morgan fingerprint density at radius 2 is 1.88 bits per heavy atom. The molecule has 2 aliphatic heterocycles. The number of allylic oxidation sites excluding steroid dienone is 3. The summed E-state index contributed by atoms with van der Waals surface area (Å²) in [6.45, 7) is 13.9. The van der Waals surface area contributed by atoms with Gasteiger partial charge < -0.3 is 9.47 Å². The molecule has 0 N–H and O–H groups in total. The maximum Gasteiger partial charge on any atom is 0.167 e. The van der Waals surface area contributed by atoms with Crippen molar-refractivity contribution in [1.29, 1.82) is 0 Å². The average Bonchev–Trinajstić information content (AvgIpc) is 3.53. The van der Waals surface area contributed by atoms with E-state index in [2.05, 4.69) is 64.0 Å². The van der Waals surface area contributed by atoms with Crippen LogP contribution < -0.4 is 0 Å². The molecule has 4 aliphatic rings. The number of rotatable bonds is 7. The maximum atomic E-state index is 6.57. The summed E-state index contributed by atoms with van der Waals surface area (Å²) in [6.07, 6.45) is 18.6. The molecule has 2 heterocycles. The van der Waals surface area contributed by atoms with Gasteiger partial charge in [-0.2, -0.15) is 0 Å². The molecule has 3 fully saturated rings. The molecule has 0 radical (unpaired) electrons. The van der Waals surface area contributed by atoms with E-state index in [1.807, 2.05) is 0 Å². The fraction of sp³-hybridized carbons (Fsp3) is 0.750. The van der Waals surface area contributed by atoms with Crippen molar-refractivity contribution in [2.45, 2.75) is 129 Å². The van der Waals surface area contributed by atoms with E-state index in [1.165, 1.54) is 63.4 Å². The Morgan fingerprint density at radius 3 is 2.68 bits per heavy atom. The molecule has 0 unspecified atom stereocenters. The highest BCUT2D eigenvalue weighted by atomic mass is 16.6. The van der Waals surface area contributed by atoms with Crippen molar-refractivity contribution in [3.05, 3.63) is 24.0 Å². The van der Waals surface area contributed by atoms with Gasteiger partial charge in [0.05, 0.1) is 12.2 Å². The number of unbranched alkanes of at least 4 members (excludes halogenated alkanes) is 4. The second kappa shape index (κ2) is 11.0. The average molecular weight is 463 g/mol. The molecule has 4 rings (SSSR count). The van der Waals surface area contributed by atoms with Gasteiger partial charge >= 0.3 is 0 Å². The normalized spacial score (nSPS) is 35.7. The van der Waals surface area contributed by atoms with Crippen molar-refractivity contribution < 1.29 is 9.47 Å². The standard InChI is InChI=1S/C32H46O2/c1-6-7-8-9-12-15-29-30(33-29)16-13-10-11-14-26-20-19-25-18-17-24(2)27-23-31(3,4)28(27)21-22-32(25,5)34-26/h20,25,27-30H,2,6-9,12,15-19,21-23H2,1,3-5H3/t25-,27+,28-,29-,30+,32+/m1/s1. The van der Waals surface area contributed by atoms with E-state index in [-0.39, 0.29) is 5.60 Å². The summed E-state index contributed by atoms with van der Waals surface area (Å²) in [6, 6.07) is 0. The topological polar surface area (TPSA) is 21.8 Å². The molecule has 0 bridgehead atoms. The fourth-order valence-corrected chi connectivity index (χ4v) is 6.73. The lowest BCUT2D eigenvalue weighted by atomic mass is 9.52. The van der Waals surface area contributed by atoms with Gasteiger partial charge in [0.25, 0.3) is 0 Å². The number of epoxide rings is 1. The zero-order chi connectivity index (χ0) is 24.2. The van der Waals surface area contributed by atoms with Gasteiger partial charge in [0, 0.05) is 12.3 Å². The van der Waals surface area contributed by atoms with Gasteiger partial charge in [-0.05, 0) is 93.0 Å². The zero-order valence-electron chi connectivity index (χ0n) is 22.2. The van der Waals surface area contributed by atoms with Crippen LogP contribution in [-0.2, 0) is 9.47 Å². The number of fused-ring (bicyclic) bond motifs is 2. The zero-order valence-corrected chi connectivity index (χ0v) is 22.2. The summed E-state index contributed by atoms with van der Waals surface area (Å²) in [7, 11) is 0. The van der Waals surface area contributed by atoms with E-state index in [0.717, 1.165) is 43.3 Å². The first-order chi connectivity index (χ1) is 16.3. The fourth-order valence-electron chi connectivity index (χ4n) is 6.73. The Morgan fingerprint density at radius 1 is 1.06 bits per heavy atom. The van der Waals surface area contributed by atoms with Crippen LogP contribution in [0, 0.1) is 46.9 Å². The molecule has 34 heavy (non-hydrogen) atoms. The third-order valence-electron chi connectivity index (χ3n) is 9.24. The summed E-state index contributed by atoms with van der Waals surface area (Å²) in [4.78, 5) is 0. The highest BCUT2D eigenvalue weighted by Crippen LogP contribution is 2.58. The Balaban J connectivity index is 1.25. The van der Waals surface area contributed by atoms with Crippen LogP contribution in [-0.4, -0.2) is 17.8 Å². The molecule has 186 valence electrons. The number of hydrogen-bond donors (Lipinski definition) is 0. The Bertz CT molecular complexity index is 887. The lowest BCUT2D eigenvalue weighted by molar-refractivity contribution is -0.0642. The maximum absolute atomic E-state index is 6.57. The van der Waals surface area contributed by atoms with E-state index in [9.17, 15) is 0 Å². The van der Waals surface area contributed by atoms with Crippen molar-refractivity contribution in [1.82, 2.24) is 0 Å². The highest BCUT2D eigenvalue weighted by Gasteiger charge is 2.50. The predicted octanol–water partition coefficient (Wildman–Crippen LogP) is 7.98. The van der Waals surface area contributed by atoms with Crippen molar-refractivity contribution in [3.63, 3.8) is 0 Å². The van der Waals surface area contributed by atoms with Crippen molar-refractivity contribution in [3.8, 4) is 23.7 Å². The molecule has 2 heteroatoms. The molecule has 1 saturated heterocycles. The molecule has 0 spiro atoms. The van der Waals surface area contributed by atoms with Gasteiger partial charge in [-0.3, -0.25) is 0 Å². The largest absolute Gasteiger partial charge is 0.479 e. The van der Waals surface area contributed by atoms with Crippen LogP contribution in [0.1, 0.15) is 111 Å². The molecule has 2 nitrogen and oxygen atoms in total. The Labute approximate surface area is 209 Å². The van der Waals surface area contributed by atoms with Crippen molar-refractivity contribution in [2.75, 3.05) is 0 Å². The number of hydrogen-bond acceptors (Lipinski definition) is 2. The molecule has 0 aromatic carbocycles. The molecular weight excluding hydrogens is 416 g/mol. The molecule has 2 saturated carbocycles. The molecule has 6 atom stereocenters. The summed E-state index contributed by atoms with van der Waals surface area (Å²) < 4.78 is 12.3. The van der Waals surface area contributed by atoms with Crippen LogP contribution >= 0.6 is 0 Å². The minimum atomic E-state index is -0.126. The second-order valence-electron chi connectivity index (χ2n) is 12.2. The first-order valence-corrected chi connectivity index (χ1v) is 14.0. The highest BCUT2D eigenvalue weighted by molar-refractivity contribution is 5.35. The lowest BCUT2D eigenvalue weighted by Gasteiger charge is -2.53. The Hall–Kier alpha value is -1.64. The summed E-state index contributed by atoms with van der Waals surface area (Å²) in [5.41, 5.74) is 1.79. The quantitative estimate of drug-likeness (QED) is 0.165. The van der Waals surface area contributed by atoms with E-state index in [1.54, 1.807) is 0 Å². The number of ether oxygens (including phenoxy) is 2. The second-order valence-corrected chi connectivity index (χ2v) is 12.2. The van der Waals surface area contributed by atoms with Crippen LogP contribution in [0.25, 0.3) is 0 Å². The first-order valence-electron chi connectivity index (χ1n) is 14.0. The molecule has 0 amide bonds. The molecule has 0 aromatic heterocycles. The third kappa shape index (κ3) is 6.13. The smallest absolute Gasteiger partial charge is 0.167 e. The van der Waals surface area contributed by atoms with Gasteiger partial charge in [-0.25, -0.2) is 0 Å². The van der Waals surface area contributed by atoms with E-state index in [4.69, 9.17) is 9.47 Å². The van der Waals surface area contributed by atoms with Gasteiger partial charge in [0.1, 0.15) is 5.60 Å². The van der Waals surface area contributed by atoms with E-state index < -0.39 is 0 Å². The third-order valence-corrected chi connectivity index (χ3v) is 9.24. The van der Waals surface area contributed by atoms with Gasteiger partial charge in [0.2, 0.25) is 0 Å². The molecule has 2 aliphatic carbocycles. The summed E-state index contributed by atoms with van der Waals surface area (Å²) in [5, 5.41) is 0. The first kappa shape index (κ1) is 25.5. The minimum absolute atomic E-state index is 0.126. The van der Waals surface area contributed by atoms with Gasteiger partial charge in [-0.1, -0.05) is 70.9 Å². The van der Waals surface area contributed by atoms with Gasteiger partial charge in [-0.15, -0.1) is 0 Å². The minimum Gasteiger partial charge on any atom is -0.479 e. The Kier molecular flexibility index (Phi) is 8.20. The molecule has 0 aromatic rings. The summed E-state index contributed by atoms with van der Waals surface area (Å²) >= 11 is 0. The van der Waals surface area contributed by atoms with Crippen LogP contribution in [0.4, 0.5) is 0 Å². The van der Waals surface area contributed by atoms with E-state index >= 15 is 0 Å². The molecular formula is C32H46O2. The van der Waals surface area contributed by atoms with Gasteiger partial charge in [0.15, 0.2) is 5.76 Å². The monoisotopic (exact) mass is 462 g/mol. The van der Waals surface area contributed by atoms with Crippen LogP contribution in [0.3, 0.4) is 0 Å². The van der Waals surface area contributed by atoms with Crippen molar-refractivity contribution in [2.24, 2.45) is 23.2 Å². The van der Waals surface area contributed by atoms with Crippen LogP contribution in [0.15, 0.2) is 24.0 Å². The lowest BCUT2D eigenvalue weighted by Crippen LogP contribution is -2.46. The van der Waals surface area contributed by atoms with Crippen LogP contribution in [0.2, 0.25) is 0 Å². The van der Waals surface area contributed by atoms with Crippen LogP contribution in [0.5, 0.6) is 0 Å². The van der Waals surface area contributed by atoms with E-state index in [0.29, 0.717) is 23.5 Å².